The average Bonchev–Trinajstić information content (AvgIpc) is 2.55. The number of ether oxygens (including phenoxy) is 1. The highest BCUT2D eigenvalue weighted by Crippen LogP contribution is 2.12. The second kappa shape index (κ2) is 8.70. The Morgan fingerprint density at radius 2 is 1.65 bits per heavy atom. The summed E-state index contributed by atoms with van der Waals surface area (Å²) >= 11 is 0. The van der Waals surface area contributed by atoms with Crippen LogP contribution in [0.5, 0.6) is 5.75 Å². The van der Waals surface area contributed by atoms with Crippen molar-refractivity contribution in [2.45, 2.75) is 39.5 Å². The fraction of sp³-hybridized carbons (Fsp3) is 0.400. The topological polar surface area (TPSA) is 32.7 Å². The summed E-state index contributed by atoms with van der Waals surface area (Å²) in [5.74, 6) is 0.793. The van der Waals surface area contributed by atoms with Gasteiger partial charge in [0.1, 0.15) is 18.5 Å². The van der Waals surface area contributed by atoms with Crippen LogP contribution in [-0.2, 0) is 6.54 Å². The molecule has 2 rings (SSSR count). The predicted molar refractivity (Wildman–Crippen MR) is 94.7 cm³/mol. The Hall–Kier alpha value is -1.84. The maximum atomic E-state index is 10.3. The molecule has 0 amide bonds. The molecule has 0 saturated carbocycles. The number of aliphatic hydroxyl groups is 1. The van der Waals surface area contributed by atoms with Crippen molar-refractivity contribution < 1.29 is 9.84 Å². The van der Waals surface area contributed by atoms with E-state index in [1.165, 1.54) is 11.1 Å². The first-order chi connectivity index (χ1) is 11.0. The van der Waals surface area contributed by atoms with E-state index in [9.17, 15) is 5.11 Å². The zero-order valence-corrected chi connectivity index (χ0v) is 14.3. The summed E-state index contributed by atoms with van der Waals surface area (Å²) in [5.41, 5.74) is 2.53. The van der Waals surface area contributed by atoms with Gasteiger partial charge in [0.15, 0.2) is 0 Å². The van der Waals surface area contributed by atoms with Crippen molar-refractivity contribution in [3.8, 4) is 5.75 Å². The first-order valence-electron chi connectivity index (χ1n) is 8.20. The van der Waals surface area contributed by atoms with Crippen molar-refractivity contribution in [2.75, 3.05) is 13.2 Å². The van der Waals surface area contributed by atoms with Crippen LogP contribution in [0.1, 0.15) is 25.0 Å². The van der Waals surface area contributed by atoms with Crippen LogP contribution in [0.15, 0.2) is 54.6 Å². The minimum atomic E-state index is -0.511. The van der Waals surface area contributed by atoms with E-state index in [1.54, 1.807) is 0 Å². The van der Waals surface area contributed by atoms with Gasteiger partial charge in [-0.25, -0.2) is 0 Å². The predicted octanol–water partition coefficient (Wildman–Crippen LogP) is 3.65. The van der Waals surface area contributed by atoms with Gasteiger partial charge in [-0.1, -0.05) is 48.0 Å². The van der Waals surface area contributed by atoms with Gasteiger partial charge in [0, 0.05) is 19.1 Å². The number of hydrogen-bond donors (Lipinski definition) is 1. The minimum Gasteiger partial charge on any atom is -0.491 e. The largest absolute Gasteiger partial charge is 0.491 e. The number of hydrogen-bond acceptors (Lipinski definition) is 3. The molecule has 0 bridgehead atoms. The molecule has 0 heterocycles. The molecule has 1 N–H and O–H groups in total. The lowest BCUT2D eigenvalue weighted by molar-refractivity contribution is 0.0543. The molecule has 1 atom stereocenters. The second-order valence-electron chi connectivity index (χ2n) is 6.29. The van der Waals surface area contributed by atoms with Crippen molar-refractivity contribution in [2.24, 2.45) is 0 Å². The van der Waals surface area contributed by atoms with E-state index in [0.29, 0.717) is 19.2 Å². The highest BCUT2D eigenvalue weighted by Gasteiger charge is 2.16. The summed E-state index contributed by atoms with van der Waals surface area (Å²) in [6.07, 6.45) is -0.511. The zero-order valence-electron chi connectivity index (χ0n) is 14.3. The van der Waals surface area contributed by atoms with E-state index >= 15 is 0 Å². The summed E-state index contributed by atoms with van der Waals surface area (Å²) in [7, 11) is 0. The van der Waals surface area contributed by atoms with Crippen molar-refractivity contribution in [3.05, 3.63) is 65.7 Å². The van der Waals surface area contributed by atoms with Crippen LogP contribution in [0.2, 0.25) is 0 Å². The summed E-state index contributed by atoms with van der Waals surface area (Å²) in [6, 6.07) is 18.5. The smallest absolute Gasteiger partial charge is 0.119 e. The van der Waals surface area contributed by atoms with Crippen LogP contribution in [0.25, 0.3) is 0 Å². The monoisotopic (exact) mass is 313 g/mol. The Bertz CT molecular complexity index is 566. The number of rotatable bonds is 8. The Kier molecular flexibility index (Phi) is 6.63. The molecule has 124 valence electrons. The van der Waals surface area contributed by atoms with Crippen molar-refractivity contribution >= 4 is 0 Å². The molecule has 23 heavy (non-hydrogen) atoms. The Labute approximate surface area is 139 Å². The SMILES string of the molecule is Cc1ccc(CN(C[C@H](O)COc2ccccc2)C(C)C)cc1. The fourth-order valence-corrected chi connectivity index (χ4v) is 2.42. The molecule has 0 saturated heterocycles. The average molecular weight is 313 g/mol. The van der Waals surface area contributed by atoms with E-state index in [4.69, 9.17) is 4.74 Å². The van der Waals surface area contributed by atoms with Crippen LogP contribution in [0.4, 0.5) is 0 Å². The lowest BCUT2D eigenvalue weighted by Crippen LogP contribution is -2.39. The van der Waals surface area contributed by atoms with Crippen molar-refractivity contribution in [3.63, 3.8) is 0 Å². The molecule has 2 aromatic rings. The molecule has 0 unspecified atom stereocenters. The van der Waals surface area contributed by atoms with Crippen LogP contribution in [0, 0.1) is 6.92 Å². The molecule has 0 aliphatic carbocycles. The van der Waals surface area contributed by atoms with Gasteiger partial charge in [-0.05, 0) is 38.5 Å². The molecule has 0 aliphatic heterocycles. The van der Waals surface area contributed by atoms with E-state index in [0.717, 1.165) is 12.3 Å². The van der Waals surface area contributed by atoms with Gasteiger partial charge >= 0.3 is 0 Å². The molecule has 0 aromatic heterocycles. The summed E-state index contributed by atoms with van der Waals surface area (Å²) < 4.78 is 5.64. The van der Waals surface area contributed by atoms with Gasteiger partial charge in [-0.3, -0.25) is 4.90 Å². The van der Waals surface area contributed by atoms with E-state index in [1.807, 2.05) is 30.3 Å². The number of nitrogens with zero attached hydrogens (tertiary/aromatic N) is 1. The highest BCUT2D eigenvalue weighted by molar-refractivity contribution is 5.22. The van der Waals surface area contributed by atoms with E-state index in [-0.39, 0.29) is 0 Å². The lowest BCUT2D eigenvalue weighted by atomic mass is 10.1. The van der Waals surface area contributed by atoms with Crippen LogP contribution < -0.4 is 4.74 Å². The summed E-state index contributed by atoms with van der Waals surface area (Å²) in [4.78, 5) is 2.27. The maximum absolute atomic E-state index is 10.3. The van der Waals surface area contributed by atoms with Gasteiger partial charge in [0.05, 0.1) is 0 Å². The standard InChI is InChI=1S/C20H27NO2/c1-16(2)21(13-18-11-9-17(3)10-12-18)14-19(22)15-23-20-7-5-4-6-8-20/h4-12,16,19,22H,13-15H2,1-3H3/t19-/m0/s1. The second-order valence-corrected chi connectivity index (χ2v) is 6.29. The van der Waals surface area contributed by atoms with Crippen molar-refractivity contribution in [1.82, 2.24) is 4.90 Å². The number of para-hydroxylation sites is 1. The van der Waals surface area contributed by atoms with Gasteiger partial charge < -0.3 is 9.84 Å². The third-order valence-corrected chi connectivity index (χ3v) is 3.87. The number of aryl methyl sites for hydroxylation is 1. The summed E-state index contributed by atoms with van der Waals surface area (Å²) in [5, 5.41) is 10.3. The van der Waals surface area contributed by atoms with Crippen LogP contribution >= 0.6 is 0 Å². The molecular formula is C20H27NO2. The normalized spacial score (nSPS) is 12.6. The fourth-order valence-electron chi connectivity index (χ4n) is 2.42. The molecule has 0 spiro atoms. The van der Waals surface area contributed by atoms with E-state index < -0.39 is 6.10 Å². The number of aliphatic hydroxyl groups excluding tert-OH is 1. The third-order valence-electron chi connectivity index (χ3n) is 3.87. The zero-order chi connectivity index (χ0) is 16.7. The molecule has 0 aliphatic rings. The summed E-state index contributed by atoms with van der Waals surface area (Å²) in [6.45, 7) is 8.13. The third kappa shape index (κ3) is 6.05. The Balaban J connectivity index is 1.86. The Morgan fingerprint density at radius 1 is 1.00 bits per heavy atom. The highest BCUT2D eigenvalue weighted by atomic mass is 16.5. The quantitative estimate of drug-likeness (QED) is 0.807. The van der Waals surface area contributed by atoms with E-state index in [2.05, 4.69) is 49.9 Å². The van der Waals surface area contributed by atoms with Crippen LogP contribution in [0.3, 0.4) is 0 Å². The van der Waals surface area contributed by atoms with Gasteiger partial charge in [-0.2, -0.15) is 0 Å². The minimum absolute atomic E-state index is 0.307. The maximum Gasteiger partial charge on any atom is 0.119 e. The molecular weight excluding hydrogens is 286 g/mol. The number of benzene rings is 2. The lowest BCUT2D eigenvalue weighted by Gasteiger charge is -2.29. The van der Waals surface area contributed by atoms with Crippen molar-refractivity contribution in [1.29, 1.82) is 0 Å². The van der Waals surface area contributed by atoms with Crippen LogP contribution in [-0.4, -0.2) is 35.3 Å². The molecule has 2 aromatic carbocycles. The first kappa shape index (κ1) is 17.5. The Morgan fingerprint density at radius 3 is 2.26 bits per heavy atom. The molecule has 0 radical (unpaired) electrons. The van der Waals surface area contributed by atoms with Gasteiger partial charge in [0.25, 0.3) is 0 Å². The molecule has 3 nitrogen and oxygen atoms in total. The van der Waals surface area contributed by atoms with Gasteiger partial charge in [0.2, 0.25) is 0 Å². The molecule has 0 fully saturated rings. The molecule has 3 heteroatoms. The first-order valence-corrected chi connectivity index (χ1v) is 8.20. The van der Waals surface area contributed by atoms with Gasteiger partial charge in [-0.15, -0.1) is 0 Å².